The van der Waals surface area contributed by atoms with E-state index in [0.29, 0.717) is 0 Å². The zero-order valence-electron chi connectivity index (χ0n) is 13.8. The maximum absolute atomic E-state index is 12.2. The highest BCUT2D eigenvalue weighted by Gasteiger charge is 2.25. The van der Waals surface area contributed by atoms with Crippen molar-refractivity contribution in [2.75, 3.05) is 11.5 Å². The number of benzene rings is 2. The molecule has 0 fully saturated rings. The third-order valence-corrected chi connectivity index (χ3v) is 5.40. The second kappa shape index (κ2) is 8.20. The van der Waals surface area contributed by atoms with E-state index in [1.54, 1.807) is 0 Å². The second-order valence-electron chi connectivity index (χ2n) is 5.81. The molecule has 0 radical (unpaired) electrons. The van der Waals surface area contributed by atoms with Gasteiger partial charge in [0.2, 0.25) is 0 Å². The van der Waals surface area contributed by atoms with Gasteiger partial charge in [0.05, 0.1) is 33.6 Å². The zero-order valence-corrected chi connectivity index (χ0v) is 14.7. The number of non-ortho nitro benzene ring substituents is 2. The number of rotatable bonds is 8. The lowest BCUT2D eigenvalue weighted by molar-refractivity contribution is -0.385. The van der Waals surface area contributed by atoms with Gasteiger partial charge in [-0.2, -0.15) is 0 Å². The third kappa shape index (κ3) is 5.54. The predicted molar refractivity (Wildman–Crippen MR) is 94.8 cm³/mol. The number of aliphatic hydroxyl groups excluding tert-OH is 2. The smallest absolute Gasteiger partial charge is 0.269 e. The Bertz CT molecular complexity index is 889. The summed E-state index contributed by atoms with van der Waals surface area (Å²) >= 11 is 0. The van der Waals surface area contributed by atoms with Gasteiger partial charge in [-0.05, 0) is 11.1 Å². The lowest BCUT2D eigenvalue weighted by Crippen LogP contribution is -2.21. The molecule has 2 aromatic rings. The molecule has 0 saturated heterocycles. The molecular formula is C16H16N2O8S. The fraction of sp³-hybridized carbons (Fsp3) is 0.250. The fourth-order valence-corrected chi connectivity index (χ4v) is 3.92. The summed E-state index contributed by atoms with van der Waals surface area (Å²) in [6.45, 7) is 0. The summed E-state index contributed by atoms with van der Waals surface area (Å²) in [5.41, 5.74) is -0.476. The summed E-state index contributed by atoms with van der Waals surface area (Å²) in [7, 11) is -3.98. The molecule has 2 N–H and O–H groups in total. The summed E-state index contributed by atoms with van der Waals surface area (Å²) < 4.78 is 24.5. The average Bonchev–Trinajstić information content (AvgIpc) is 2.61. The Kier molecular flexibility index (Phi) is 6.20. The minimum absolute atomic E-state index is 0.0533. The van der Waals surface area contributed by atoms with Crippen molar-refractivity contribution in [2.24, 2.45) is 0 Å². The molecule has 0 aromatic heterocycles. The maximum Gasteiger partial charge on any atom is 0.269 e. The molecule has 0 aliphatic rings. The van der Waals surface area contributed by atoms with Crippen LogP contribution in [0.25, 0.3) is 0 Å². The number of nitro groups is 2. The van der Waals surface area contributed by atoms with E-state index in [4.69, 9.17) is 0 Å². The number of nitro benzene ring substituents is 2. The first kappa shape index (κ1) is 20.4. The molecule has 0 spiro atoms. The Balaban J connectivity index is 2.12. The predicted octanol–water partition coefficient (Wildman–Crippen LogP) is 1.68. The van der Waals surface area contributed by atoms with E-state index in [2.05, 4.69) is 0 Å². The van der Waals surface area contributed by atoms with Crippen LogP contribution in [0.2, 0.25) is 0 Å². The van der Waals surface area contributed by atoms with Crippen LogP contribution in [0.1, 0.15) is 23.3 Å². The third-order valence-electron chi connectivity index (χ3n) is 3.76. The summed E-state index contributed by atoms with van der Waals surface area (Å²) in [6.07, 6.45) is -3.04. The normalized spacial score (nSPS) is 13.7. The van der Waals surface area contributed by atoms with Gasteiger partial charge in [-0.15, -0.1) is 0 Å². The summed E-state index contributed by atoms with van der Waals surface area (Å²) in [6, 6.07) is 9.89. The van der Waals surface area contributed by atoms with Crippen LogP contribution in [0.4, 0.5) is 11.4 Å². The van der Waals surface area contributed by atoms with Crippen LogP contribution in [-0.4, -0.2) is 40.0 Å². The SMILES string of the molecule is O=[N+]([O-])c1cccc(C(O)CS(=O)(=O)CC(O)c2cccc([N+](=O)[O-])c2)c1. The molecule has 2 unspecified atom stereocenters. The molecule has 0 saturated carbocycles. The largest absolute Gasteiger partial charge is 0.387 e. The minimum Gasteiger partial charge on any atom is -0.387 e. The maximum atomic E-state index is 12.2. The van der Waals surface area contributed by atoms with Gasteiger partial charge < -0.3 is 10.2 Å². The van der Waals surface area contributed by atoms with Gasteiger partial charge >= 0.3 is 0 Å². The van der Waals surface area contributed by atoms with Crippen molar-refractivity contribution in [3.63, 3.8) is 0 Å². The molecule has 2 aromatic carbocycles. The van der Waals surface area contributed by atoms with E-state index in [1.807, 2.05) is 0 Å². The first-order valence-corrected chi connectivity index (χ1v) is 9.46. The number of hydrogen-bond acceptors (Lipinski definition) is 8. The van der Waals surface area contributed by atoms with Crippen LogP contribution in [0.5, 0.6) is 0 Å². The van der Waals surface area contributed by atoms with Crippen LogP contribution in [-0.2, 0) is 9.84 Å². The summed E-state index contributed by atoms with van der Waals surface area (Å²) in [5.74, 6) is -1.53. The van der Waals surface area contributed by atoms with Crippen molar-refractivity contribution in [1.82, 2.24) is 0 Å². The fourth-order valence-electron chi connectivity index (χ4n) is 2.43. The Morgan fingerprint density at radius 2 is 1.19 bits per heavy atom. The molecule has 10 nitrogen and oxygen atoms in total. The van der Waals surface area contributed by atoms with Gasteiger partial charge in [-0.1, -0.05) is 24.3 Å². The van der Waals surface area contributed by atoms with E-state index < -0.39 is 43.4 Å². The van der Waals surface area contributed by atoms with Gasteiger partial charge in [-0.3, -0.25) is 20.2 Å². The monoisotopic (exact) mass is 396 g/mol. The molecule has 11 heteroatoms. The number of hydrogen-bond donors (Lipinski definition) is 2. The highest BCUT2D eigenvalue weighted by Crippen LogP contribution is 2.24. The van der Waals surface area contributed by atoms with Gasteiger partial charge in [0.1, 0.15) is 0 Å². The molecule has 0 amide bonds. The van der Waals surface area contributed by atoms with E-state index in [-0.39, 0.29) is 22.5 Å². The van der Waals surface area contributed by atoms with Crippen LogP contribution in [0.15, 0.2) is 48.5 Å². The summed E-state index contributed by atoms with van der Waals surface area (Å²) in [5, 5.41) is 41.7. The molecule has 0 heterocycles. The quantitative estimate of drug-likeness (QED) is 0.503. The minimum atomic E-state index is -3.98. The molecular weight excluding hydrogens is 380 g/mol. The highest BCUT2D eigenvalue weighted by atomic mass is 32.2. The highest BCUT2D eigenvalue weighted by molar-refractivity contribution is 7.91. The van der Waals surface area contributed by atoms with Crippen molar-refractivity contribution in [3.05, 3.63) is 79.9 Å². The van der Waals surface area contributed by atoms with Crippen LogP contribution in [0, 0.1) is 20.2 Å². The summed E-state index contributed by atoms with van der Waals surface area (Å²) in [4.78, 5) is 20.2. The van der Waals surface area contributed by atoms with Crippen molar-refractivity contribution >= 4 is 21.2 Å². The molecule has 27 heavy (non-hydrogen) atoms. The Labute approximate surface area is 153 Å². The van der Waals surface area contributed by atoms with Crippen molar-refractivity contribution in [3.8, 4) is 0 Å². The molecule has 0 aliphatic heterocycles. The van der Waals surface area contributed by atoms with E-state index in [9.17, 15) is 38.9 Å². The van der Waals surface area contributed by atoms with E-state index in [1.165, 1.54) is 36.4 Å². The number of nitrogens with zero attached hydrogens (tertiary/aromatic N) is 2. The lowest BCUT2D eigenvalue weighted by Gasteiger charge is -2.15. The standard InChI is InChI=1S/C16H16N2O8S/c19-15(11-3-1-5-13(7-11)17(21)22)9-27(25,26)10-16(20)12-4-2-6-14(8-12)18(23)24/h1-8,15-16,19-20H,9-10H2. The molecule has 2 atom stereocenters. The van der Waals surface area contributed by atoms with E-state index in [0.717, 1.165) is 12.1 Å². The van der Waals surface area contributed by atoms with Gasteiger partial charge in [-0.25, -0.2) is 8.42 Å². The van der Waals surface area contributed by atoms with Crippen molar-refractivity contribution in [2.45, 2.75) is 12.2 Å². The average molecular weight is 396 g/mol. The number of aliphatic hydroxyl groups is 2. The second-order valence-corrected chi connectivity index (χ2v) is 7.97. The first-order chi connectivity index (χ1) is 12.6. The molecule has 0 aliphatic carbocycles. The Morgan fingerprint density at radius 1 is 0.815 bits per heavy atom. The van der Waals surface area contributed by atoms with Gasteiger partial charge in [0.15, 0.2) is 9.84 Å². The number of sulfone groups is 1. The Morgan fingerprint density at radius 3 is 1.52 bits per heavy atom. The Hall–Kier alpha value is -2.89. The molecule has 0 bridgehead atoms. The zero-order chi connectivity index (χ0) is 20.2. The van der Waals surface area contributed by atoms with Crippen molar-refractivity contribution in [1.29, 1.82) is 0 Å². The molecule has 2 rings (SSSR count). The van der Waals surface area contributed by atoms with Gasteiger partial charge in [0.25, 0.3) is 11.4 Å². The van der Waals surface area contributed by atoms with Gasteiger partial charge in [0, 0.05) is 24.3 Å². The van der Waals surface area contributed by atoms with Crippen LogP contribution < -0.4 is 0 Å². The van der Waals surface area contributed by atoms with Crippen LogP contribution >= 0.6 is 0 Å². The van der Waals surface area contributed by atoms with Crippen molar-refractivity contribution < 1.29 is 28.5 Å². The van der Waals surface area contributed by atoms with E-state index >= 15 is 0 Å². The lowest BCUT2D eigenvalue weighted by atomic mass is 10.1. The topological polar surface area (TPSA) is 161 Å². The molecule has 144 valence electrons. The van der Waals surface area contributed by atoms with Crippen LogP contribution in [0.3, 0.4) is 0 Å². The first-order valence-electron chi connectivity index (χ1n) is 7.64.